The van der Waals surface area contributed by atoms with E-state index in [9.17, 15) is 0 Å². The van der Waals surface area contributed by atoms with E-state index in [-0.39, 0.29) is 0 Å². The molecule has 0 fully saturated rings. The number of nitrogen functional groups attached to an aromatic ring is 1. The Labute approximate surface area is 116 Å². The topological polar surface area (TPSA) is 64.7 Å². The highest BCUT2D eigenvalue weighted by atomic mass is 35.5. The molecule has 3 aromatic rings. The van der Waals surface area contributed by atoms with E-state index < -0.39 is 0 Å². The van der Waals surface area contributed by atoms with Crippen LogP contribution in [0.2, 0.25) is 5.02 Å². The molecule has 1 aromatic carbocycles. The number of hydrogen-bond acceptors (Lipinski definition) is 6. The van der Waals surface area contributed by atoms with Crippen molar-refractivity contribution in [3.8, 4) is 20.5 Å². The van der Waals surface area contributed by atoms with Crippen molar-refractivity contribution in [2.24, 2.45) is 0 Å². The number of hydrogen-bond donors (Lipinski definition) is 1. The lowest BCUT2D eigenvalue weighted by molar-refractivity contribution is 1.10. The zero-order valence-corrected chi connectivity index (χ0v) is 11.4. The minimum Gasteiger partial charge on any atom is -0.374 e. The van der Waals surface area contributed by atoms with Gasteiger partial charge in [-0.05, 0) is 12.1 Å². The van der Waals surface area contributed by atoms with E-state index in [0.717, 1.165) is 20.5 Å². The largest absolute Gasteiger partial charge is 0.374 e. The summed E-state index contributed by atoms with van der Waals surface area (Å²) in [6, 6.07) is 7.58. The second-order valence-electron chi connectivity index (χ2n) is 3.48. The predicted octanol–water partition coefficient (Wildman–Crippen LogP) is 3.56. The third-order valence-corrected chi connectivity index (χ3v) is 4.47. The monoisotopic (exact) mass is 294 g/mol. The lowest BCUT2D eigenvalue weighted by Gasteiger charge is -1.94. The quantitative estimate of drug-likeness (QED) is 0.785. The fourth-order valence-electron chi connectivity index (χ4n) is 1.43. The van der Waals surface area contributed by atoms with Gasteiger partial charge in [-0.1, -0.05) is 35.1 Å². The van der Waals surface area contributed by atoms with Crippen LogP contribution in [-0.4, -0.2) is 15.2 Å². The average molecular weight is 295 g/mol. The molecule has 0 saturated carbocycles. The molecule has 4 nitrogen and oxygen atoms in total. The molecule has 2 aromatic heterocycles. The van der Waals surface area contributed by atoms with Gasteiger partial charge < -0.3 is 5.73 Å². The average Bonchev–Trinajstić information content (AvgIpc) is 2.98. The first kappa shape index (κ1) is 11.6. The van der Waals surface area contributed by atoms with E-state index in [1.807, 2.05) is 24.3 Å². The highest BCUT2D eigenvalue weighted by Crippen LogP contribution is 2.34. The van der Waals surface area contributed by atoms with Crippen LogP contribution in [0.25, 0.3) is 20.5 Å². The highest BCUT2D eigenvalue weighted by Gasteiger charge is 2.10. The van der Waals surface area contributed by atoms with Crippen molar-refractivity contribution < 1.29 is 0 Å². The van der Waals surface area contributed by atoms with Gasteiger partial charge in [0.25, 0.3) is 0 Å². The second kappa shape index (κ2) is 4.64. The molecule has 0 aliphatic heterocycles. The number of benzene rings is 1. The molecule has 0 aliphatic rings. The Morgan fingerprint density at radius 2 is 1.78 bits per heavy atom. The molecule has 0 atom stereocenters. The Balaban J connectivity index is 1.96. The van der Waals surface area contributed by atoms with E-state index in [0.29, 0.717) is 10.2 Å². The molecule has 0 spiro atoms. The van der Waals surface area contributed by atoms with Gasteiger partial charge in [-0.2, -0.15) is 0 Å². The molecule has 2 N–H and O–H groups in total. The lowest BCUT2D eigenvalue weighted by atomic mass is 10.2. The Kier molecular flexibility index (Phi) is 2.99. The van der Waals surface area contributed by atoms with Gasteiger partial charge in [0.05, 0.1) is 4.88 Å². The number of aromatic nitrogens is 3. The van der Waals surface area contributed by atoms with Crippen LogP contribution < -0.4 is 5.73 Å². The second-order valence-corrected chi connectivity index (χ2v) is 5.96. The van der Waals surface area contributed by atoms with Crippen molar-refractivity contribution >= 4 is 39.4 Å². The molecule has 3 rings (SSSR count). The molecule has 2 heterocycles. The molecule has 7 heteroatoms. The molecule has 0 aliphatic carbocycles. The van der Waals surface area contributed by atoms with Gasteiger partial charge in [0.1, 0.15) is 5.01 Å². The number of nitrogens with two attached hydrogens (primary N) is 1. The summed E-state index contributed by atoms with van der Waals surface area (Å²) in [7, 11) is 0. The number of halogens is 1. The number of thiazole rings is 1. The summed E-state index contributed by atoms with van der Waals surface area (Å²) < 4.78 is 0. The third kappa shape index (κ3) is 2.22. The van der Waals surface area contributed by atoms with Crippen LogP contribution in [-0.2, 0) is 0 Å². The Morgan fingerprint density at radius 1 is 1.00 bits per heavy atom. The van der Waals surface area contributed by atoms with Gasteiger partial charge in [-0.15, -0.1) is 21.5 Å². The molecule has 0 unspecified atom stereocenters. The summed E-state index contributed by atoms with van der Waals surface area (Å²) >= 11 is 8.77. The molecule has 90 valence electrons. The smallest absolute Gasteiger partial charge is 0.203 e. The lowest BCUT2D eigenvalue weighted by Crippen LogP contribution is -1.79. The zero-order chi connectivity index (χ0) is 12.5. The van der Waals surface area contributed by atoms with Crippen molar-refractivity contribution in [2.75, 3.05) is 5.73 Å². The maximum absolute atomic E-state index is 5.86. The van der Waals surface area contributed by atoms with Gasteiger partial charge in [0.2, 0.25) is 5.13 Å². The first-order valence-electron chi connectivity index (χ1n) is 5.03. The van der Waals surface area contributed by atoms with Crippen LogP contribution in [0.5, 0.6) is 0 Å². The third-order valence-electron chi connectivity index (χ3n) is 2.25. The van der Waals surface area contributed by atoms with Gasteiger partial charge in [0, 0.05) is 16.8 Å². The van der Waals surface area contributed by atoms with E-state index in [4.69, 9.17) is 17.3 Å². The Morgan fingerprint density at radius 3 is 2.44 bits per heavy atom. The molecule has 0 bridgehead atoms. The molecule has 0 saturated heterocycles. The fourth-order valence-corrected chi connectivity index (χ4v) is 3.12. The van der Waals surface area contributed by atoms with Crippen LogP contribution in [0, 0.1) is 0 Å². The van der Waals surface area contributed by atoms with Crippen molar-refractivity contribution in [2.45, 2.75) is 0 Å². The summed E-state index contributed by atoms with van der Waals surface area (Å²) in [5.74, 6) is 0. The van der Waals surface area contributed by atoms with Gasteiger partial charge >= 0.3 is 0 Å². The standard InChI is InChI=1S/C11H7ClN4S2/c12-7-3-1-6(2-4-7)9-14-5-8(17-9)10-15-16-11(13)18-10/h1-5H,(H2,13,16). The summed E-state index contributed by atoms with van der Waals surface area (Å²) in [6.07, 6.45) is 1.79. The first-order chi connectivity index (χ1) is 8.72. The van der Waals surface area contributed by atoms with Crippen LogP contribution in [0.3, 0.4) is 0 Å². The fraction of sp³-hybridized carbons (Fsp3) is 0. The van der Waals surface area contributed by atoms with E-state index in [2.05, 4.69) is 15.2 Å². The number of nitrogens with zero attached hydrogens (tertiary/aromatic N) is 3. The van der Waals surface area contributed by atoms with Crippen molar-refractivity contribution in [3.63, 3.8) is 0 Å². The van der Waals surface area contributed by atoms with Gasteiger partial charge in [-0.3, -0.25) is 0 Å². The molecule has 0 radical (unpaired) electrons. The van der Waals surface area contributed by atoms with Gasteiger partial charge in [0.15, 0.2) is 5.01 Å². The van der Waals surface area contributed by atoms with E-state index >= 15 is 0 Å². The van der Waals surface area contributed by atoms with Crippen molar-refractivity contribution in [1.82, 2.24) is 15.2 Å². The summed E-state index contributed by atoms with van der Waals surface area (Å²) in [5, 5.41) is 10.7. The summed E-state index contributed by atoms with van der Waals surface area (Å²) in [4.78, 5) is 5.34. The molecule has 0 amide bonds. The van der Waals surface area contributed by atoms with Crippen LogP contribution in [0.4, 0.5) is 5.13 Å². The first-order valence-corrected chi connectivity index (χ1v) is 7.04. The van der Waals surface area contributed by atoms with Crippen LogP contribution in [0.1, 0.15) is 0 Å². The van der Waals surface area contributed by atoms with Crippen molar-refractivity contribution in [3.05, 3.63) is 35.5 Å². The van der Waals surface area contributed by atoms with E-state index in [1.165, 1.54) is 11.3 Å². The van der Waals surface area contributed by atoms with E-state index in [1.54, 1.807) is 17.5 Å². The highest BCUT2D eigenvalue weighted by molar-refractivity contribution is 7.24. The Bertz CT molecular complexity index is 674. The maximum Gasteiger partial charge on any atom is 0.203 e. The minimum absolute atomic E-state index is 0.464. The molecular weight excluding hydrogens is 288 g/mol. The van der Waals surface area contributed by atoms with Crippen molar-refractivity contribution in [1.29, 1.82) is 0 Å². The summed E-state index contributed by atoms with van der Waals surface area (Å²) in [6.45, 7) is 0. The van der Waals surface area contributed by atoms with Crippen LogP contribution in [0.15, 0.2) is 30.5 Å². The number of rotatable bonds is 2. The SMILES string of the molecule is Nc1nnc(-c2cnc(-c3ccc(Cl)cc3)s2)s1. The predicted molar refractivity (Wildman–Crippen MR) is 75.9 cm³/mol. The zero-order valence-electron chi connectivity index (χ0n) is 9.00. The normalized spacial score (nSPS) is 10.7. The number of anilines is 1. The van der Waals surface area contributed by atoms with Gasteiger partial charge in [-0.25, -0.2) is 4.98 Å². The molecular formula is C11H7ClN4S2. The minimum atomic E-state index is 0.464. The molecule has 18 heavy (non-hydrogen) atoms. The maximum atomic E-state index is 5.86. The Hall–Kier alpha value is -1.50. The van der Waals surface area contributed by atoms with Crippen LogP contribution >= 0.6 is 34.3 Å². The summed E-state index contributed by atoms with van der Waals surface area (Å²) in [5.41, 5.74) is 6.60.